The predicted octanol–water partition coefficient (Wildman–Crippen LogP) is 0.982. The molecule has 0 bridgehead atoms. The molecule has 0 unspecified atom stereocenters. The largest absolute Gasteiger partial charge is 0.491 e. The van der Waals surface area contributed by atoms with Gasteiger partial charge in [0, 0.05) is 6.07 Å². The maximum absolute atomic E-state index is 10.5. The van der Waals surface area contributed by atoms with Crippen LogP contribution in [0.25, 0.3) is 0 Å². The molecule has 0 saturated heterocycles. The van der Waals surface area contributed by atoms with Gasteiger partial charge in [0.1, 0.15) is 12.4 Å². The Morgan fingerprint density at radius 2 is 2.12 bits per heavy atom. The first kappa shape index (κ1) is 12.4. The van der Waals surface area contributed by atoms with Crippen LogP contribution in [-0.4, -0.2) is 36.5 Å². The number of hydrogen-bond donors (Lipinski definition) is 1. The molecule has 0 atom stereocenters. The van der Waals surface area contributed by atoms with Crippen LogP contribution in [0.1, 0.15) is 0 Å². The van der Waals surface area contributed by atoms with Crippen LogP contribution in [-0.2, 0) is 4.74 Å². The minimum atomic E-state index is -0.477. The van der Waals surface area contributed by atoms with Crippen LogP contribution < -0.4 is 4.74 Å². The molecule has 0 aliphatic carbocycles. The first-order valence-corrected chi connectivity index (χ1v) is 4.80. The third kappa shape index (κ3) is 4.24. The number of aliphatic hydroxyl groups is 1. The smallest absolute Gasteiger partial charge is 0.273 e. The van der Waals surface area contributed by atoms with E-state index < -0.39 is 4.92 Å². The van der Waals surface area contributed by atoms with Crippen molar-refractivity contribution in [2.45, 2.75) is 0 Å². The van der Waals surface area contributed by atoms with Gasteiger partial charge in [-0.2, -0.15) is 0 Å². The molecular formula is C10H13NO5. The van der Waals surface area contributed by atoms with Gasteiger partial charge in [0.25, 0.3) is 5.69 Å². The molecule has 0 aliphatic heterocycles. The molecule has 0 aliphatic rings. The first-order valence-electron chi connectivity index (χ1n) is 4.80. The normalized spacial score (nSPS) is 10.1. The fraction of sp³-hybridized carbons (Fsp3) is 0.400. The summed E-state index contributed by atoms with van der Waals surface area (Å²) < 4.78 is 10.2. The molecule has 6 heteroatoms. The Bertz CT molecular complexity index is 342. The molecule has 16 heavy (non-hydrogen) atoms. The molecule has 0 saturated carbocycles. The molecule has 88 valence electrons. The second-order valence-electron chi connectivity index (χ2n) is 2.94. The number of hydrogen-bond acceptors (Lipinski definition) is 5. The molecule has 0 radical (unpaired) electrons. The van der Waals surface area contributed by atoms with Gasteiger partial charge in [-0.3, -0.25) is 10.1 Å². The van der Waals surface area contributed by atoms with E-state index in [9.17, 15) is 10.1 Å². The molecule has 1 aromatic rings. The number of nitro groups is 1. The van der Waals surface area contributed by atoms with E-state index in [4.69, 9.17) is 14.6 Å². The monoisotopic (exact) mass is 227 g/mol. The van der Waals surface area contributed by atoms with Gasteiger partial charge in [-0.15, -0.1) is 0 Å². The van der Waals surface area contributed by atoms with E-state index >= 15 is 0 Å². The summed E-state index contributed by atoms with van der Waals surface area (Å²) in [6, 6.07) is 5.95. The Kier molecular flexibility index (Phi) is 5.24. The van der Waals surface area contributed by atoms with Crippen LogP contribution in [0, 0.1) is 10.1 Å². The van der Waals surface area contributed by atoms with Crippen LogP contribution in [0.2, 0.25) is 0 Å². The van der Waals surface area contributed by atoms with E-state index in [2.05, 4.69) is 0 Å². The van der Waals surface area contributed by atoms with E-state index in [1.165, 1.54) is 12.1 Å². The van der Waals surface area contributed by atoms with Gasteiger partial charge in [0.15, 0.2) is 0 Å². The van der Waals surface area contributed by atoms with Gasteiger partial charge in [0.05, 0.1) is 30.8 Å². The van der Waals surface area contributed by atoms with Crippen molar-refractivity contribution >= 4 is 5.69 Å². The van der Waals surface area contributed by atoms with Crippen molar-refractivity contribution in [1.82, 2.24) is 0 Å². The Labute approximate surface area is 92.6 Å². The Morgan fingerprint density at radius 3 is 2.81 bits per heavy atom. The van der Waals surface area contributed by atoms with Crippen molar-refractivity contribution in [3.63, 3.8) is 0 Å². The van der Waals surface area contributed by atoms with Gasteiger partial charge in [0.2, 0.25) is 0 Å². The molecule has 1 rings (SSSR count). The molecule has 0 amide bonds. The zero-order valence-electron chi connectivity index (χ0n) is 8.67. The Hall–Kier alpha value is -1.66. The third-order valence-electron chi connectivity index (χ3n) is 1.76. The molecule has 6 nitrogen and oxygen atoms in total. The number of aliphatic hydroxyl groups excluding tert-OH is 1. The van der Waals surface area contributed by atoms with Crippen molar-refractivity contribution in [1.29, 1.82) is 0 Å². The third-order valence-corrected chi connectivity index (χ3v) is 1.76. The predicted molar refractivity (Wildman–Crippen MR) is 56.5 cm³/mol. The highest BCUT2D eigenvalue weighted by molar-refractivity contribution is 5.37. The van der Waals surface area contributed by atoms with Crippen LogP contribution in [0.15, 0.2) is 24.3 Å². The number of benzene rings is 1. The SMILES string of the molecule is O=[N+]([O-])c1cccc(OCCOCCO)c1. The minimum absolute atomic E-state index is 0.00576. The molecule has 0 fully saturated rings. The Balaban J connectivity index is 2.36. The number of ether oxygens (including phenoxy) is 2. The van der Waals surface area contributed by atoms with Crippen molar-refractivity contribution in [2.75, 3.05) is 26.4 Å². The van der Waals surface area contributed by atoms with Crippen LogP contribution in [0.5, 0.6) is 5.75 Å². The molecule has 0 aromatic heterocycles. The van der Waals surface area contributed by atoms with Crippen molar-refractivity contribution < 1.29 is 19.5 Å². The van der Waals surface area contributed by atoms with Crippen molar-refractivity contribution in [2.24, 2.45) is 0 Å². The second-order valence-corrected chi connectivity index (χ2v) is 2.94. The summed E-state index contributed by atoms with van der Waals surface area (Å²) >= 11 is 0. The fourth-order valence-corrected chi connectivity index (χ4v) is 1.07. The quantitative estimate of drug-likeness (QED) is 0.426. The van der Waals surface area contributed by atoms with Gasteiger partial charge in [-0.1, -0.05) is 6.07 Å². The second kappa shape index (κ2) is 6.76. The molecule has 1 aromatic carbocycles. The average molecular weight is 227 g/mol. The summed E-state index contributed by atoms with van der Waals surface area (Å²) in [4.78, 5) is 9.99. The van der Waals surface area contributed by atoms with E-state index in [-0.39, 0.29) is 18.9 Å². The number of nitrogens with zero attached hydrogens (tertiary/aromatic N) is 1. The standard InChI is InChI=1S/C10H13NO5/c12-4-5-15-6-7-16-10-3-1-2-9(8-10)11(13)14/h1-3,8,12H,4-7H2. The average Bonchev–Trinajstić information content (AvgIpc) is 2.29. The minimum Gasteiger partial charge on any atom is -0.491 e. The summed E-state index contributed by atoms with van der Waals surface area (Å²) in [5.41, 5.74) is -0.00576. The van der Waals surface area contributed by atoms with Gasteiger partial charge in [-0.05, 0) is 6.07 Å². The fourth-order valence-electron chi connectivity index (χ4n) is 1.07. The van der Waals surface area contributed by atoms with E-state index in [1.54, 1.807) is 12.1 Å². The zero-order valence-corrected chi connectivity index (χ0v) is 8.67. The van der Waals surface area contributed by atoms with Gasteiger partial charge in [-0.25, -0.2) is 0 Å². The van der Waals surface area contributed by atoms with Gasteiger partial charge < -0.3 is 14.6 Å². The summed E-state index contributed by atoms with van der Waals surface area (Å²) in [7, 11) is 0. The lowest BCUT2D eigenvalue weighted by Gasteiger charge is -2.05. The van der Waals surface area contributed by atoms with Crippen molar-refractivity contribution in [3.05, 3.63) is 34.4 Å². The van der Waals surface area contributed by atoms with E-state index in [0.717, 1.165) is 0 Å². The van der Waals surface area contributed by atoms with Crippen LogP contribution in [0.3, 0.4) is 0 Å². The highest BCUT2D eigenvalue weighted by Gasteiger charge is 2.05. The maximum atomic E-state index is 10.5. The van der Waals surface area contributed by atoms with Gasteiger partial charge >= 0.3 is 0 Å². The molecule has 0 heterocycles. The molecule has 0 spiro atoms. The summed E-state index contributed by atoms with van der Waals surface area (Å²) in [6.07, 6.45) is 0. The van der Waals surface area contributed by atoms with Crippen molar-refractivity contribution in [3.8, 4) is 5.75 Å². The molecular weight excluding hydrogens is 214 g/mol. The summed E-state index contributed by atoms with van der Waals surface area (Å²) in [5, 5.41) is 18.9. The lowest BCUT2D eigenvalue weighted by atomic mass is 10.3. The van der Waals surface area contributed by atoms with E-state index in [1.807, 2.05) is 0 Å². The molecule has 1 N–H and O–H groups in total. The van der Waals surface area contributed by atoms with E-state index in [0.29, 0.717) is 19.0 Å². The Morgan fingerprint density at radius 1 is 1.31 bits per heavy atom. The highest BCUT2D eigenvalue weighted by atomic mass is 16.6. The van der Waals surface area contributed by atoms with Crippen LogP contribution >= 0.6 is 0 Å². The topological polar surface area (TPSA) is 81.8 Å². The number of non-ortho nitro benzene ring substituents is 1. The summed E-state index contributed by atoms with van der Waals surface area (Å²) in [5.74, 6) is 0.432. The first-order chi connectivity index (χ1) is 7.74. The number of nitro benzene ring substituents is 1. The zero-order chi connectivity index (χ0) is 11.8. The maximum Gasteiger partial charge on any atom is 0.273 e. The highest BCUT2D eigenvalue weighted by Crippen LogP contribution is 2.18. The lowest BCUT2D eigenvalue weighted by molar-refractivity contribution is -0.384. The van der Waals surface area contributed by atoms with Crippen LogP contribution in [0.4, 0.5) is 5.69 Å². The lowest BCUT2D eigenvalue weighted by Crippen LogP contribution is -2.09. The summed E-state index contributed by atoms with van der Waals surface area (Å²) in [6.45, 7) is 0.861. The number of rotatable bonds is 7.